The lowest BCUT2D eigenvalue weighted by atomic mass is 10.1. The van der Waals surface area contributed by atoms with E-state index in [0.29, 0.717) is 41.1 Å². The molecule has 7 heteroatoms. The summed E-state index contributed by atoms with van der Waals surface area (Å²) in [6.07, 6.45) is 6.90. The van der Waals surface area contributed by atoms with Crippen LogP contribution in [0.5, 0.6) is 11.5 Å². The van der Waals surface area contributed by atoms with Gasteiger partial charge in [0.1, 0.15) is 11.9 Å². The standard InChI is InChI=1S/C21H25ClN4O2/c1-3-10-28-20-17(22)12-15(13-18(20)27-4-2)11-16(14-23)21-25-24-19-8-6-5-7-9-26(19)21/h11-13H,3-10H2,1-2H3/b16-11-. The molecule has 0 fully saturated rings. The van der Waals surface area contributed by atoms with Crippen LogP contribution in [-0.2, 0) is 13.0 Å². The van der Waals surface area contributed by atoms with Gasteiger partial charge in [-0.05, 0) is 50.0 Å². The average molecular weight is 401 g/mol. The van der Waals surface area contributed by atoms with Crippen molar-refractivity contribution in [2.24, 2.45) is 0 Å². The van der Waals surface area contributed by atoms with Gasteiger partial charge >= 0.3 is 0 Å². The minimum atomic E-state index is 0.460. The molecule has 3 rings (SSSR count). The van der Waals surface area contributed by atoms with E-state index in [2.05, 4.69) is 20.8 Å². The van der Waals surface area contributed by atoms with Gasteiger partial charge < -0.3 is 14.0 Å². The molecule has 1 aromatic carbocycles. The quantitative estimate of drug-likeness (QED) is 0.617. The first-order valence-electron chi connectivity index (χ1n) is 9.81. The Labute approximate surface area is 170 Å². The summed E-state index contributed by atoms with van der Waals surface area (Å²) in [7, 11) is 0. The Morgan fingerprint density at radius 2 is 2.11 bits per heavy atom. The zero-order valence-corrected chi connectivity index (χ0v) is 17.1. The molecule has 2 heterocycles. The number of rotatable bonds is 7. The summed E-state index contributed by atoms with van der Waals surface area (Å²) >= 11 is 6.44. The third kappa shape index (κ3) is 4.48. The molecule has 0 saturated heterocycles. The van der Waals surface area contributed by atoms with Crippen LogP contribution < -0.4 is 9.47 Å². The normalized spacial score (nSPS) is 14.1. The highest BCUT2D eigenvalue weighted by Crippen LogP contribution is 2.37. The Hall–Kier alpha value is -2.52. The SMILES string of the molecule is CCCOc1c(Cl)cc(/C=C(/C#N)c2nnc3n2CCCCC3)cc1OCC. The largest absolute Gasteiger partial charge is 0.490 e. The monoisotopic (exact) mass is 400 g/mol. The molecule has 148 valence electrons. The number of halogens is 1. The maximum Gasteiger partial charge on any atom is 0.179 e. The van der Waals surface area contributed by atoms with E-state index >= 15 is 0 Å². The van der Waals surface area contributed by atoms with Crippen molar-refractivity contribution in [3.8, 4) is 17.6 Å². The molecule has 0 bridgehead atoms. The first kappa shape index (κ1) is 20.2. The predicted molar refractivity (Wildman–Crippen MR) is 109 cm³/mol. The number of ether oxygens (including phenoxy) is 2. The first-order valence-corrected chi connectivity index (χ1v) is 10.2. The van der Waals surface area contributed by atoms with Gasteiger partial charge in [-0.25, -0.2) is 0 Å². The smallest absolute Gasteiger partial charge is 0.179 e. The van der Waals surface area contributed by atoms with Gasteiger partial charge in [-0.3, -0.25) is 0 Å². The van der Waals surface area contributed by atoms with E-state index in [4.69, 9.17) is 21.1 Å². The van der Waals surface area contributed by atoms with Crippen LogP contribution >= 0.6 is 11.6 Å². The zero-order valence-electron chi connectivity index (χ0n) is 16.4. The Kier molecular flexibility index (Phi) is 6.94. The Balaban J connectivity index is 1.99. The fourth-order valence-corrected chi connectivity index (χ4v) is 3.55. The maximum atomic E-state index is 9.76. The second kappa shape index (κ2) is 9.61. The molecule has 0 amide bonds. The summed E-state index contributed by atoms with van der Waals surface area (Å²) in [5, 5.41) is 18.8. The number of aryl methyl sites for hydroxylation is 1. The number of allylic oxidation sites excluding steroid dienone is 1. The Morgan fingerprint density at radius 3 is 2.86 bits per heavy atom. The van der Waals surface area contributed by atoms with E-state index in [1.807, 2.05) is 19.9 Å². The van der Waals surface area contributed by atoms with E-state index in [0.717, 1.165) is 43.6 Å². The summed E-state index contributed by atoms with van der Waals surface area (Å²) in [6.45, 7) is 5.84. The molecular formula is C21H25ClN4O2. The van der Waals surface area contributed by atoms with Crippen molar-refractivity contribution in [1.29, 1.82) is 5.26 Å². The van der Waals surface area contributed by atoms with Crippen molar-refractivity contribution in [1.82, 2.24) is 14.8 Å². The topological polar surface area (TPSA) is 73.0 Å². The van der Waals surface area contributed by atoms with Crippen molar-refractivity contribution in [3.63, 3.8) is 0 Å². The molecule has 0 radical (unpaired) electrons. The molecule has 6 nitrogen and oxygen atoms in total. The molecule has 0 aliphatic carbocycles. The lowest BCUT2D eigenvalue weighted by molar-refractivity contribution is 0.277. The lowest BCUT2D eigenvalue weighted by Crippen LogP contribution is -2.05. The van der Waals surface area contributed by atoms with E-state index in [-0.39, 0.29) is 0 Å². The molecule has 0 spiro atoms. The van der Waals surface area contributed by atoms with Crippen molar-refractivity contribution < 1.29 is 9.47 Å². The second-order valence-electron chi connectivity index (χ2n) is 6.68. The van der Waals surface area contributed by atoms with Gasteiger partial charge in [0.2, 0.25) is 0 Å². The van der Waals surface area contributed by atoms with Crippen LogP contribution in [0.2, 0.25) is 5.02 Å². The van der Waals surface area contributed by atoms with E-state index in [9.17, 15) is 5.26 Å². The van der Waals surface area contributed by atoms with Crippen molar-refractivity contribution >= 4 is 23.3 Å². The summed E-state index contributed by atoms with van der Waals surface area (Å²) in [5.74, 6) is 2.68. The molecule has 1 aliphatic heterocycles. The number of aromatic nitrogens is 3. The molecule has 1 aromatic heterocycles. The molecule has 0 saturated carbocycles. The van der Waals surface area contributed by atoms with Gasteiger partial charge in [0, 0.05) is 13.0 Å². The van der Waals surface area contributed by atoms with Gasteiger partial charge in [0.05, 0.1) is 23.8 Å². The van der Waals surface area contributed by atoms with Gasteiger partial charge in [-0.2, -0.15) is 5.26 Å². The fraction of sp³-hybridized carbons (Fsp3) is 0.476. The number of hydrogen-bond donors (Lipinski definition) is 0. The van der Waals surface area contributed by atoms with E-state index < -0.39 is 0 Å². The van der Waals surface area contributed by atoms with Crippen LogP contribution in [0.25, 0.3) is 11.6 Å². The second-order valence-corrected chi connectivity index (χ2v) is 7.09. The van der Waals surface area contributed by atoms with Gasteiger partial charge in [0.25, 0.3) is 0 Å². The van der Waals surface area contributed by atoms with Crippen LogP contribution in [0.4, 0.5) is 0 Å². The van der Waals surface area contributed by atoms with Crippen LogP contribution in [0.1, 0.15) is 56.7 Å². The number of benzene rings is 1. The molecule has 0 N–H and O–H groups in total. The summed E-state index contributed by atoms with van der Waals surface area (Å²) in [5.41, 5.74) is 1.22. The molecule has 0 atom stereocenters. The molecule has 0 unspecified atom stereocenters. The zero-order chi connectivity index (χ0) is 19.9. The highest BCUT2D eigenvalue weighted by molar-refractivity contribution is 6.32. The molecular weight excluding hydrogens is 376 g/mol. The van der Waals surface area contributed by atoms with Crippen molar-refractivity contribution in [3.05, 3.63) is 34.4 Å². The Bertz CT molecular complexity index is 899. The van der Waals surface area contributed by atoms with Gasteiger partial charge in [0.15, 0.2) is 17.3 Å². The van der Waals surface area contributed by atoms with Crippen LogP contribution in [0.3, 0.4) is 0 Å². The summed E-state index contributed by atoms with van der Waals surface area (Å²) in [6, 6.07) is 5.89. The number of nitrogens with zero attached hydrogens (tertiary/aromatic N) is 4. The number of fused-ring (bicyclic) bond motifs is 1. The fourth-order valence-electron chi connectivity index (χ4n) is 3.28. The number of hydrogen-bond acceptors (Lipinski definition) is 5. The summed E-state index contributed by atoms with van der Waals surface area (Å²) in [4.78, 5) is 0. The number of nitriles is 1. The Morgan fingerprint density at radius 1 is 1.25 bits per heavy atom. The summed E-state index contributed by atoms with van der Waals surface area (Å²) < 4.78 is 13.5. The van der Waals surface area contributed by atoms with Crippen molar-refractivity contribution in [2.75, 3.05) is 13.2 Å². The third-order valence-corrected chi connectivity index (χ3v) is 4.84. The highest BCUT2D eigenvalue weighted by Gasteiger charge is 2.18. The lowest BCUT2D eigenvalue weighted by Gasteiger charge is -2.14. The van der Waals surface area contributed by atoms with Crippen LogP contribution in [0.15, 0.2) is 12.1 Å². The minimum absolute atomic E-state index is 0.460. The first-order chi connectivity index (χ1) is 13.7. The highest BCUT2D eigenvalue weighted by atomic mass is 35.5. The molecule has 28 heavy (non-hydrogen) atoms. The van der Waals surface area contributed by atoms with Crippen molar-refractivity contribution in [2.45, 2.75) is 52.5 Å². The van der Waals surface area contributed by atoms with Gasteiger partial charge in [-0.1, -0.05) is 24.9 Å². The van der Waals surface area contributed by atoms with Crippen LogP contribution in [0, 0.1) is 11.3 Å². The van der Waals surface area contributed by atoms with E-state index in [1.54, 1.807) is 12.1 Å². The maximum absolute atomic E-state index is 9.76. The third-order valence-electron chi connectivity index (χ3n) is 4.56. The average Bonchev–Trinajstić information content (AvgIpc) is 2.93. The molecule has 1 aliphatic rings. The molecule has 2 aromatic rings. The van der Waals surface area contributed by atoms with E-state index in [1.165, 1.54) is 6.42 Å². The predicted octanol–water partition coefficient (Wildman–Crippen LogP) is 4.91. The van der Waals surface area contributed by atoms with Gasteiger partial charge in [-0.15, -0.1) is 10.2 Å². The van der Waals surface area contributed by atoms with Crippen LogP contribution in [-0.4, -0.2) is 28.0 Å². The minimum Gasteiger partial charge on any atom is -0.490 e.